The monoisotopic (exact) mass is 170 g/mol. The number of hydrogen-bond donors (Lipinski definition) is 0. The standard InChI is InChI=1S/C12H26/c1-6-8-10(3)12(5)11(4)9-7-2/h10-12H,6-9H2,1-5H3. The number of hydrogen-bond acceptors (Lipinski definition) is 0. The van der Waals surface area contributed by atoms with E-state index in [1.54, 1.807) is 0 Å². The normalized spacial score (nSPS) is 18.8. The summed E-state index contributed by atoms with van der Waals surface area (Å²) in [7, 11) is 0. The van der Waals surface area contributed by atoms with E-state index in [0.717, 1.165) is 17.8 Å². The molecule has 0 spiro atoms. The Morgan fingerprint density at radius 3 is 1.33 bits per heavy atom. The van der Waals surface area contributed by atoms with Crippen LogP contribution in [-0.2, 0) is 0 Å². The Morgan fingerprint density at radius 2 is 1.08 bits per heavy atom. The lowest BCUT2D eigenvalue weighted by molar-refractivity contribution is 0.252. The maximum absolute atomic E-state index is 2.42. The zero-order valence-electron chi connectivity index (χ0n) is 9.56. The summed E-state index contributed by atoms with van der Waals surface area (Å²) in [6, 6.07) is 0. The molecule has 0 nitrogen and oxygen atoms in total. The fourth-order valence-corrected chi connectivity index (χ4v) is 2.00. The van der Waals surface area contributed by atoms with E-state index in [0.29, 0.717) is 0 Å². The molecular formula is C12H26. The summed E-state index contributed by atoms with van der Waals surface area (Å²) in [5, 5.41) is 0. The quantitative estimate of drug-likeness (QED) is 0.551. The molecular weight excluding hydrogens is 144 g/mol. The molecule has 0 aliphatic rings. The molecule has 2 atom stereocenters. The van der Waals surface area contributed by atoms with Crippen molar-refractivity contribution in [2.24, 2.45) is 17.8 Å². The van der Waals surface area contributed by atoms with Crippen molar-refractivity contribution >= 4 is 0 Å². The summed E-state index contributed by atoms with van der Waals surface area (Å²) in [5.41, 5.74) is 0. The SMILES string of the molecule is CCCC(C)C(C)C(C)CCC. The summed E-state index contributed by atoms with van der Waals surface area (Å²) in [6.07, 6.45) is 5.47. The van der Waals surface area contributed by atoms with Crippen molar-refractivity contribution in [2.45, 2.75) is 60.3 Å². The minimum atomic E-state index is 0.907. The first kappa shape index (κ1) is 12.0. The Bertz CT molecular complexity index is 84.2. The number of rotatable bonds is 6. The minimum absolute atomic E-state index is 0.907. The lowest BCUT2D eigenvalue weighted by Gasteiger charge is -2.25. The topological polar surface area (TPSA) is 0 Å². The molecule has 0 aromatic rings. The van der Waals surface area contributed by atoms with Gasteiger partial charge in [-0.05, 0) is 17.8 Å². The molecule has 0 amide bonds. The second kappa shape index (κ2) is 6.51. The molecule has 0 heterocycles. The van der Waals surface area contributed by atoms with Crippen LogP contribution in [-0.4, -0.2) is 0 Å². The molecule has 0 saturated heterocycles. The molecule has 0 aliphatic heterocycles. The van der Waals surface area contributed by atoms with Crippen LogP contribution in [0.15, 0.2) is 0 Å². The van der Waals surface area contributed by atoms with E-state index in [9.17, 15) is 0 Å². The second-order valence-electron chi connectivity index (χ2n) is 4.39. The van der Waals surface area contributed by atoms with Crippen LogP contribution in [0.2, 0.25) is 0 Å². The van der Waals surface area contributed by atoms with Crippen molar-refractivity contribution in [1.82, 2.24) is 0 Å². The molecule has 12 heavy (non-hydrogen) atoms. The first-order chi connectivity index (χ1) is 5.63. The highest BCUT2D eigenvalue weighted by molar-refractivity contribution is 4.67. The van der Waals surface area contributed by atoms with Crippen molar-refractivity contribution in [3.63, 3.8) is 0 Å². The Labute approximate surface area is 78.8 Å². The van der Waals surface area contributed by atoms with E-state index < -0.39 is 0 Å². The van der Waals surface area contributed by atoms with E-state index in [1.807, 2.05) is 0 Å². The predicted octanol–water partition coefficient (Wildman–Crippen LogP) is 4.49. The molecule has 0 aromatic heterocycles. The third-order valence-electron chi connectivity index (χ3n) is 3.28. The van der Waals surface area contributed by atoms with Crippen LogP contribution in [0.4, 0.5) is 0 Å². The maximum Gasteiger partial charge on any atom is -0.0391 e. The molecule has 0 N–H and O–H groups in total. The van der Waals surface area contributed by atoms with Gasteiger partial charge in [-0.2, -0.15) is 0 Å². The first-order valence-corrected chi connectivity index (χ1v) is 5.63. The van der Waals surface area contributed by atoms with Gasteiger partial charge in [0.15, 0.2) is 0 Å². The van der Waals surface area contributed by atoms with Crippen LogP contribution < -0.4 is 0 Å². The van der Waals surface area contributed by atoms with Crippen LogP contribution in [0.25, 0.3) is 0 Å². The van der Waals surface area contributed by atoms with Gasteiger partial charge in [-0.15, -0.1) is 0 Å². The van der Waals surface area contributed by atoms with E-state index >= 15 is 0 Å². The van der Waals surface area contributed by atoms with Crippen LogP contribution >= 0.6 is 0 Å². The lowest BCUT2D eigenvalue weighted by atomic mass is 9.81. The molecule has 0 aromatic carbocycles. The third kappa shape index (κ3) is 4.13. The Balaban J connectivity index is 3.73. The second-order valence-corrected chi connectivity index (χ2v) is 4.39. The van der Waals surface area contributed by atoms with Crippen molar-refractivity contribution in [3.8, 4) is 0 Å². The first-order valence-electron chi connectivity index (χ1n) is 5.63. The zero-order chi connectivity index (χ0) is 9.56. The molecule has 0 rings (SSSR count). The Hall–Kier alpha value is 0. The molecule has 0 radical (unpaired) electrons. The van der Waals surface area contributed by atoms with Crippen LogP contribution in [0, 0.1) is 17.8 Å². The summed E-state index contributed by atoms with van der Waals surface area (Å²) < 4.78 is 0. The summed E-state index contributed by atoms with van der Waals surface area (Å²) >= 11 is 0. The minimum Gasteiger partial charge on any atom is -0.0654 e. The van der Waals surface area contributed by atoms with Crippen LogP contribution in [0.3, 0.4) is 0 Å². The Kier molecular flexibility index (Phi) is 6.51. The van der Waals surface area contributed by atoms with E-state index in [1.165, 1.54) is 25.7 Å². The molecule has 0 saturated carbocycles. The maximum atomic E-state index is 2.42. The fourth-order valence-electron chi connectivity index (χ4n) is 2.00. The summed E-state index contributed by atoms with van der Waals surface area (Å²) in [4.78, 5) is 0. The van der Waals surface area contributed by atoms with Crippen molar-refractivity contribution < 1.29 is 0 Å². The molecule has 0 aliphatic carbocycles. The average Bonchev–Trinajstić information content (AvgIpc) is 2.04. The predicted molar refractivity (Wildman–Crippen MR) is 57.3 cm³/mol. The van der Waals surface area contributed by atoms with Gasteiger partial charge < -0.3 is 0 Å². The molecule has 74 valence electrons. The van der Waals surface area contributed by atoms with Gasteiger partial charge in [-0.1, -0.05) is 60.3 Å². The van der Waals surface area contributed by atoms with Crippen LogP contribution in [0.5, 0.6) is 0 Å². The summed E-state index contributed by atoms with van der Waals surface area (Å²) in [5.74, 6) is 2.73. The van der Waals surface area contributed by atoms with Crippen LogP contribution in [0.1, 0.15) is 60.3 Å². The highest BCUT2D eigenvalue weighted by atomic mass is 14.2. The van der Waals surface area contributed by atoms with Crippen molar-refractivity contribution in [1.29, 1.82) is 0 Å². The molecule has 0 bridgehead atoms. The van der Waals surface area contributed by atoms with Gasteiger partial charge in [0.1, 0.15) is 0 Å². The molecule has 0 fully saturated rings. The fraction of sp³-hybridized carbons (Fsp3) is 1.00. The van der Waals surface area contributed by atoms with Gasteiger partial charge in [0.2, 0.25) is 0 Å². The summed E-state index contributed by atoms with van der Waals surface area (Å²) in [6.45, 7) is 11.8. The zero-order valence-corrected chi connectivity index (χ0v) is 9.56. The van der Waals surface area contributed by atoms with E-state index in [2.05, 4.69) is 34.6 Å². The average molecular weight is 170 g/mol. The molecule has 2 unspecified atom stereocenters. The lowest BCUT2D eigenvalue weighted by Crippen LogP contribution is -2.16. The van der Waals surface area contributed by atoms with Gasteiger partial charge in [0.05, 0.1) is 0 Å². The highest BCUT2D eigenvalue weighted by Crippen LogP contribution is 2.26. The highest BCUT2D eigenvalue weighted by Gasteiger charge is 2.17. The van der Waals surface area contributed by atoms with E-state index in [4.69, 9.17) is 0 Å². The van der Waals surface area contributed by atoms with Crippen molar-refractivity contribution in [3.05, 3.63) is 0 Å². The van der Waals surface area contributed by atoms with E-state index in [-0.39, 0.29) is 0 Å². The third-order valence-corrected chi connectivity index (χ3v) is 3.28. The van der Waals surface area contributed by atoms with Gasteiger partial charge in [-0.25, -0.2) is 0 Å². The largest absolute Gasteiger partial charge is 0.0654 e. The van der Waals surface area contributed by atoms with Gasteiger partial charge in [0.25, 0.3) is 0 Å². The van der Waals surface area contributed by atoms with Gasteiger partial charge >= 0.3 is 0 Å². The molecule has 0 heteroatoms. The van der Waals surface area contributed by atoms with Crippen molar-refractivity contribution in [2.75, 3.05) is 0 Å². The van der Waals surface area contributed by atoms with Gasteiger partial charge in [0, 0.05) is 0 Å². The smallest absolute Gasteiger partial charge is 0.0391 e. The Morgan fingerprint density at radius 1 is 0.750 bits per heavy atom. The van der Waals surface area contributed by atoms with Gasteiger partial charge in [-0.3, -0.25) is 0 Å².